The lowest BCUT2D eigenvalue weighted by Crippen LogP contribution is -2.55. The van der Waals surface area contributed by atoms with Gasteiger partial charge in [-0.2, -0.15) is 0 Å². The third-order valence-corrected chi connectivity index (χ3v) is 3.90. The van der Waals surface area contributed by atoms with Crippen molar-refractivity contribution in [3.05, 3.63) is 0 Å². The molecule has 2 rings (SSSR count). The van der Waals surface area contributed by atoms with Gasteiger partial charge in [-0.05, 0) is 36.4 Å². The fourth-order valence-corrected chi connectivity index (χ4v) is 2.86. The quantitative estimate of drug-likeness (QED) is 0.614. The Morgan fingerprint density at radius 2 is 2.00 bits per heavy atom. The molecule has 2 fully saturated rings. The molecule has 15 heavy (non-hydrogen) atoms. The van der Waals surface area contributed by atoms with Crippen LogP contribution in [0.25, 0.3) is 0 Å². The van der Waals surface area contributed by atoms with Crippen LogP contribution in [-0.2, 0) is 4.79 Å². The summed E-state index contributed by atoms with van der Waals surface area (Å²) in [5.74, 6) is 0.822. The van der Waals surface area contributed by atoms with Crippen molar-refractivity contribution in [1.82, 2.24) is 10.6 Å². The molecule has 1 heterocycles. The third-order valence-electron chi connectivity index (χ3n) is 3.68. The Labute approximate surface area is 96.0 Å². The van der Waals surface area contributed by atoms with Crippen molar-refractivity contribution in [2.24, 2.45) is 17.3 Å². The van der Waals surface area contributed by atoms with Crippen LogP contribution in [0.4, 0.5) is 0 Å². The van der Waals surface area contributed by atoms with Crippen LogP contribution in [0.1, 0.15) is 33.6 Å². The van der Waals surface area contributed by atoms with Gasteiger partial charge < -0.3 is 10.6 Å². The molecule has 3 atom stereocenters. The first-order valence-electron chi connectivity index (χ1n) is 5.49. The van der Waals surface area contributed by atoms with E-state index in [1.165, 1.54) is 0 Å². The SMILES string of the molecule is CC(C)(C)[C@H]1C[C@@H]2C(=O)NC(=S)N[C@@H]2C1. The molecule has 1 saturated carbocycles. The van der Waals surface area contributed by atoms with Gasteiger partial charge >= 0.3 is 0 Å². The van der Waals surface area contributed by atoms with Gasteiger partial charge in [-0.15, -0.1) is 0 Å². The number of hydrogen-bond acceptors (Lipinski definition) is 2. The molecular weight excluding hydrogens is 208 g/mol. The largest absolute Gasteiger partial charge is 0.359 e. The maximum absolute atomic E-state index is 11.7. The highest BCUT2D eigenvalue weighted by molar-refractivity contribution is 7.80. The van der Waals surface area contributed by atoms with Crippen molar-refractivity contribution < 1.29 is 4.79 Å². The lowest BCUT2D eigenvalue weighted by molar-refractivity contribution is -0.124. The number of amides is 1. The normalized spacial score (nSPS) is 35.8. The topological polar surface area (TPSA) is 41.1 Å². The van der Waals surface area contributed by atoms with Gasteiger partial charge in [-0.25, -0.2) is 0 Å². The molecule has 3 nitrogen and oxygen atoms in total. The number of rotatable bonds is 0. The first kappa shape index (κ1) is 10.9. The summed E-state index contributed by atoms with van der Waals surface area (Å²) in [7, 11) is 0. The summed E-state index contributed by atoms with van der Waals surface area (Å²) in [4.78, 5) is 11.7. The molecule has 0 radical (unpaired) electrons. The van der Waals surface area contributed by atoms with Crippen LogP contribution in [-0.4, -0.2) is 17.1 Å². The third kappa shape index (κ3) is 2.00. The van der Waals surface area contributed by atoms with Crippen LogP contribution < -0.4 is 10.6 Å². The molecule has 1 aliphatic carbocycles. The molecule has 4 heteroatoms. The van der Waals surface area contributed by atoms with E-state index in [0.717, 1.165) is 12.8 Å². The van der Waals surface area contributed by atoms with Crippen molar-refractivity contribution in [2.75, 3.05) is 0 Å². The molecule has 0 aromatic carbocycles. The van der Waals surface area contributed by atoms with E-state index in [1.54, 1.807) is 0 Å². The van der Waals surface area contributed by atoms with Gasteiger partial charge in [0.1, 0.15) is 0 Å². The molecule has 1 saturated heterocycles. The van der Waals surface area contributed by atoms with Crippen molar-refractivity contribution in [2.45, 2.75) is 39.7 Å². The van der Waals surface area contributed by atoms with Crippen LogP contribution in [0, 0.1) is 17.3 Å². The van der Waals surface area contributed by atoms with Crippen molar-refractivity contribution >= 4 is 23.2 Å². The zero-order valence-electron chi connectivity index (χ0n) is 9.46. The minimum Gasteiger partial charge on any atom is -0.359 e. The molecular formula is C11H18N2OS. The number of fused-ring (bicyclic) bond motifs is 1. The summed E-state index contributed by atoms with van der Waals surface area (Å²) in [5.41, 5.74) is 0.279. The number of carbonyl (C=O) groups excluding carboxylic acids is 1. The first-order chi connectivity index (χ1) is 6.88. The smallest absolute Gasteiger partial charge is 0.231 e. The predicted molar refractivity (Wildman–Crippen MR) is 63.3 cm³/mol. The van der Waals surface area contributed by atoms with Crippen LogP contribution in [0.5, 0.6) is 0 Å². The minimum atomic E-state index is 0.107. The Hall–Kier alpha value is -0.640. The van der Waals surface area contributed by atoms with E-state index in [-0.39, 0.29) is 23.3 Å². The van der Waals surface area contributed by atoms with E-state index >= 15 is 0 Å². The average Bonchev–Trinajstić information content (AvgIpc) is 2.46. The first-order valence-corrected chi connectivity index (χ1v) is 5.90. The van der Waals surface area contributed by atoms with Crippen molar-refractivity contribution in [3.8, 4) is 0 Å². The molecule has 0 aromatic rings. The Morgan fingerprint density at radius 1 is 1.33 bits per heavy atom. The predicted octanol–water partition coefficient (Wildman–Crippen LogP) is 1.43. The van der Waals surface area contributed by atoms with Crippen LogP contribution in [0.3, 0.4) is 0 Å². The van der Waals surface area contributed by atoms with Gasteiger partial charge in [0.25, 0.3) is 0 Å². The maximum Gasteiger partial charge on any atom is 0.231 e. The Bertz CT molecular complexity index is 308. The molecule has 0 unspecified atom stereocenters. The molecule has 2 N–H and O–H groups in total. The summed E-state index contributed by atoms with van der Waals surface area (Å²) in [5, 5.41) is 6.41. The molecule has 1 aliphatic heterocycles. The van der Waals surface area contributed by atoms with Crippen molar-refractivity contribution in [1.29, 1.82) is 0 Å². The van der Waals surface area contributed by atoms with E-state index in [2.05, 4.69) is 31.4 Å². The van der Waals surface area contributed by atoms with Gasteiger partial charge in [0.2, 0.25) is 5.91 Å². The molecule has 0 aromatic heterocycles. The number of nitrogens with one attached hydrogen (secondary N) is 2. The lowest BCUT2D eigenvalue weighted by atomic mass is 9.79. The summed E-state index contributed by atoms with van der Waals surface area (Å²) in [6.45, 7) is 6.72. The van der Waals surface area contributed by atoms with E-state index in [0.29, 0.717) is 11.0 Å². The van der Waals surface area contributed by atoms with E-state index in [9.17, 15) is 4.79 Å². The van der Waals surface area contributed by atoms with Gasteiger partial charge in [-0.3, -0.25) is 4.79 Å². The number of hydrogen-bond donors (Lipinski definition) is 2. The van der Waals surface area contributed by atoms with Crippen LogP contribution >= 0.6 is 12.2 Å². The lowest BCUT2D eigenvalue weighted by Gasteiger charge is -2.27. The van der Waals surface area contributed by atoms with Gasteiger partial charge in [-0.1, -0.05) is 20.8 Å². The second kappa shape index (κ2) is 3.44. The second-order valence-corrected chi connectivity index (χ2v) is 6.12. The Balaban J connectivity index is 2.12. The molecule has 0 bridgehead atoms. The highest BCUT2D eigenvalue weighted by Crippen LogP contribution is 2.42. The van der Waals surface area contributed by atoms with Crippen LogP contribution in [0.2, 0.25) is 0 Å². The summed E-state index contributed by atoms with van der Waals surface area (Å²) in [6.07, 6.45) is 2.04. The van der Waals surface area contributed by atoms with E-state index in [1.807, 2.05) is 0 Å². The van der Waals surface area contributed by atoms with Crippen LogP contribution in [0.15, 0.2) is 0 Å². The molecule has 1 amide bonds. The zero-order valence-corrected chi connectivity index (χ0v) is 10.3. The highest BCUT2D eigenvalue weighted by atomic mass is 32.1. The maximum atomic E-state index is 11.7. The summed E-state index contributed by atoms with van der Waals surface area (Å²) in [6, 6.07) is 0.260. The average molecular weight is 226 g/mol. The molecule has 2 aliphatic rings. The van der Waals surface area contributed by atoms with Gasteiger partial charge in [0, 0.05) is 6.04 Å². The van der Waals surface area contributed by atoms with E-state index < -0.39 is 0 Å². The van der Waals surface area contributed by atoms with E-state index in [4.69, 9.17) is 12.2 Å². The highest BCUT2D eigenvalue weighted by Gasteiger charge is 2.45. The fraction of sp³-hybridized carbons (Fsp3) is 0.818. The zero-order chi connectivity index (χ0) is 11.2. The fourth-order valence-electron chi connectivity index (χ4n) is 2.60. The Kier molecular flexibility index (Phi) is 2.49. The van der Waals surface area contributed by atoms with Crippen molar-refractivity contribution in [3.63, 3.8) is 0 Å². The molecule has 84 valence electrons. The monoisotopic (exact) mass is 226 g/mol. The summed E-state index contributed by atoms with van der Waals surface area (Å²) < 4.78 is 0. The number of carbonyl (C=O) groups is 1. The van der Waals surface area contributed by atoms with Gasteiger partial charge in [0.05, 0.1) is 5.92 Å². The minimum absolute atomic E-state index is 0.107. The second-order valence-electron chi connectivity index (χ2n) is 5.71. The summed E-state index contributed by atoms with van der Waals surface area (Å²) >= 11 is 5.00. The molecule has 0 spiro atoms. The van der Waals surface area contributed by atoms with Gasteiger partial charge in [0.15, 0.2) is 5.11 Å². The number of thiocarbonyl (C=S) groups is 1. The standard InChI is InChI=1S/C11H18N2OS/c1-11(2,3)6-4-7-8(5-6)12-10(15)13-9(7)14/h6-8H,4-5H2,1-3H3,(H2,12,13,14,15)/t6-,7-,8+/m0/s1. The Morgan fingerprint density at radius 3 is 2.60 bits per heavy atom.